The fourth-order valence-corrected chi connectivity index (χ4v) is 2.05. The van der Waals surface area contributed by atoms with Crippen LogP contribution in [0.4, 0.5) is 0 Å². The minimum absolute atomic E-state index is 0. The van der Waals surface area contributed by atoms with Crippen molar-refractivity contribution in [2.75, 3.05) is 35.0 Å². The van der Waals surface area contributed by atoms with Crippen molar-refractivity contribution in [3.05, 3.63) is 17.7 Å². The molecule has 1 unspecified atom stereocenters. The molecule has 23 heavy (non-hydrogen) atoms. The fraction of sp³-hybridized carbons (Fsp3) is 0.533. The number of aliphatic imine (C=N–C) groups is 1. The zero-order valence-corrected chi connectivity index (χ0v) is 16.5. The Labute approximate surface area is 154 Å². The van der Waals surface area contributed by atoms with Crippen LogP contribution in [0.25, 0.3) is 0 Å². The van der Waals surface area contributed by atoms with Crippen LogP contribution in [0.5, 0.6) is 17.2 Å². The highest BCUT2D eigenvalue weighted by Crippen LogP contribution is 2.39. The molecule has 0 fully saturated rings. The lowest BCUT2D eigenvalue weighted by Gasteiger charge is -2.16. The molecule has 0 amide bonds. The Morgan fingerprint density at radius 2 is 1.78 bits per heavy atom. The minimum Gasteiger partial charge on any atom is -0.493 e. The zero-order valence-electron chi connectivity index (χ0n) is 14.2. The number of halogens is 1. The molecular weight excluding hydrogens is 413 g/mol. The lowest BCUT2D eigenvalue weighted by Crippen LogP contribution is -2.40. The highest BCUT2D eigenvalue weighted by Gasteiger charge is 2.15. The van der Waals surface area contributed by atoms with E-state index in [1.807, 2.05) is 19.1 Å². The van der Waals surface area contributed by atoms with Gasteiger partial charge < -0.3 is 30.0 Å². The van der Waals surface area contributed by atoms with E-state index < -0.39 is 0 Å². The van der Waals surface area contributed by atoms with E-state index in [0.717, 1.165) is 5.56 Å². The van der Waals surface area contributed by atoms with Gasteiger partial charge in [-0.2, -0.15) is 0 Å². The fourth-order valence-electron chi connectivity index (χ4n) is 2.05. The molecule has 1 aromatic rings. The molecule has 3 N–H and O–H groups in total. The predicted molar refractivity (Wildman–Crippen MR) is 101 cm³/mol. The average Bonchev–Trinajstić information content (AvgIpc) is 2.51. The maximum absolute atomic E-state index is 5.86. The van der Waals surface area contributed by atoms with Crippen LogP contribution in [-0.4, -0.2) is 47.0 Å². The lowest BCUT2D eigenvalue weighted by molar-refractivity contribution is 0.179. The van der Waals surface area contributed by atoms with E-state index in [1.165, 1.54) is 0 Å². The monoisotopic (exact) mass is 439 g/mol. The van der Waals surface area contributed by atoms with Gasteiger partial charge in [0.25, 0.3) is 0 Å². The third kappa shape index (κ3) is 6.30. The van der Waals surface area contributed by atoms with E-state index in [4.69, 9.17) is 24.7 Å². The van der Waals surface area contributed by atoms with Gasteiger partial charge in [-0.3, -0.25) is 0 Å². The Hall–Kier alpha value is -1.42. The van der Waals surface area contributed by atoms with Crippen molar-refractivity contribution in [2.45, 2.75) is 19.5 Å². The number of benzene rings is 1. The molecule has 0 bridgehead atoms. The van der Waals surface area contributed by atoms with E-state index in [-0.39, 0.29) is 30.0 Å². The number of ether oxygens (including phenoxy) is 4. The van der Waals surface area contributed by atoms with Gasteiger partial charge in [0.2, 0.25) is 5.75 Å². The van der Waals surface area contributed by atoms with Gasteiger partial charge in [0.1, 0.15) is 0 Å². The normalized spacial score (nSPS) is 12.1. The quantitative estimate of drug-likeness (QED) is 0.365. The Morgan fingerprint density at radius 1 is 1.13 bits per heavy atom. The first-order valence-corrected chi connectivity index (χ1v) is 6.90. The summed E-state index contributed by atoms with van der Waals surface area (Å²) in [5.41, 5.74) is 6.71. The van der Waals surface area contributed by atoms with Crippen LogP contribution in [0.3, 0.4) is 0 Å². The second-order valence-electron chi connectivity index (χ2n) is 4.70. The van der Waals surface area contributed by atoms with Crippen molar-refractivity contribution in [3.8, 4) is 17.2 Å². The predicted octanol–water partition coefficient (Wildman–Crippen LogP) is 1.77. The lowest BCUT2D eigenvalue weighted by atomic mass is 10.1. The van der Waals surface area contributed by atoms with E-state index in [9.17, 15) is 0 Å². The molecule has 0 radical (unpaired) electrons. The summed E-state index contributed by atoms with van der Waals surface area (Å²) >= 11 is 0. The summed E-state index contributed by atoms with van der Waals surface area (Å²) in [6.45, 7) is 2.88. The molecule has 7 nitrogen and oxygen atoms in total. The second-order valence-corrected chi connectivity index (χ2v) is 4.70. The Morgan fingerprint density at radius 3 is 2.30 bits per heavy atom. The van der Waals surface area contributed by atoms with Gasteiger partial charge >= 0.3 is 0 Å². The molecule has 0 aliphatic carbocycles. The molecule has 0 saturated carbocycles. The third-order valence-corrected chi connectivity index (χ3v) is 3.02. The first-order valence-electron chi connectivity index (χ1n) is 6.90. The van der Waals surface area contributed by atoms with Crippen molar-refractivity contribution in [3.63, 3.8) is 0 Å². The molecule has 0 aliphatic rings. The molecule has 0 saturated heterocycles. The van der Waals surface area contributed by atoms with Crippen LogP contribution < -0.4 is 25.3 Å². The number of nitrogens with two attached hydrogens (primary N) is 1. The number of nitrogens with zero attached hydrogens (tertiary/aromatic N) is 1. The van der Waals surface area contributed by atoms with Crippen LogP contribution in [0.2, 0.25) is 0 Å². The van der Waals surface area contributed by atoms with Crippen molar-refractivity contribution in [2.24, 2.45) is 10.7 Å². The van der Waals surface area contributed by atoms with Gasteiger partial charge in [0, 0.05) is 18.7 Å². The number of hydrogen-bond acceptors (Lipinski definition) is 5. The maximum atomic E-state index is 5.86. The molecule has 0 heterocycles. The van der Waals surface area contributed by atoms with Gasteiger partial charge in [-0.05, 0) is 19.1 Å². The summed E-state index contributed by atoms with van der Waals surface area (Å²) in [5, 5.41) is 3.05. The number of nitrogens with one attached hydrogen (secondary N) is 1. The van der Waals surface area contributed by atoms with Gasteiger partial charge in [-0.25, -0.2) is 4.99 Å². The van der Waals surface area contributed by atoms with E-state index in [2.05, 4.69) is 10.3 Å². The number of hydrogen-bond donors (Lipinski definition) is 2. The van der Waals surface area contributed by atoms with Crippen molar-refractivity contribution < 1.29 is 18.9 Å². The SMILES string of the molecule is COCC(C)NC(N)=NCc1ccc(OC)c(OC)c1OC.I. The topological polar surface area (TPSA) is 87.3 Å². The maximum Gasteiger partial charge on any atom is 0.203 e. The van der Waals surface area contributed by atoms with E-state index >= 15 is 0 Å². The van der Waals surface area contributed by atoms with Crippen LogP contribution in [-0.2, 0) is 11.3 Å². The van der Waals surface area contributed by atoms with Crippen LogP contribution >= 0.6 is 24.0 Å². The standard InChI is InChI=1S/C15H25N3O4.HI/c1-10(9-19-2)18-15(16)17-8-11-6-7-12(20-3)14(22-5)13(11)21-4;/h6-7,10H,8-9H2,1-5H3,(H3,16,17,18);1H. The van der Waals surface area contributed by atoms with Crippen LogP contribution in [0.1, 0.15) is 12.5 Å². The molecule has 0 spiro atoms. The Balaban J connectivity index is 0.00000484. The zero-order chi connectivity index (χ0) is 16.5. The Bertz CT molecular complexity index is 512. The first-order chi connectivity index (χ1) is 10.6. The molecule has 0 aromatic heterocycles. The summed E-state index contributed by atoms with van der Waals surface area (Å²) in [6, 6.07) is 3.76. The molecular formula is C15H26IN3O4. The minimum atomic E-state index is 0. The summed E-state index contributed by atoms with van der Waals surface area (Å²) < 4.78 is 21.0. The number of rotatable bonds is 8. The van der Waals surface area contributed by atoms with Crippen molar-refractivity contribution >= 4 is 29.9 Å². The summed E-state index contributed by atoms with van der Waals surface area (Å²) in [6.07, 6.45) is 0. The number of methoxy groups -OCH3 is 4. The summed E-state index contributed by atoms with van der Waals surface area (Å²) in [4.78, 5) is 4.31. The van der Waals surface area contributed by atoms with Crippen LogP contribution in [0.15, 0.2) is 17.1 Å². The summed E-state index contributed by atoms with van der Waals surface area (Å²) in [7, 11) is 6.36. The molecule has 0 aliphatic heterocycles. The molecule has 132 valence electrons. The van der Waals surface area contributed by atoms with E-state index in [1.54, 1.807) is 28.4 Å². The highest BCUT2D eigenvalue weighted by molar-refractivity contribution is 14.0. The highest BCUT2D eigenvalue weighted by atomic mass is 127. The van der Waals surface area contributed by atoms with Crippen LogP contribution in [0, 0.1) is 0 Å². The average molecular weight is 439 g/mol. The van der Waals surface area contributed by atoms with Crippen molar-refractivity contribution in [1.29, 1.82) is 0 Å². The Kier molecular flexibility index (Phi) is 10.5. The van der Waals surface area contributed by atoms with Gasteiger partial charge in [0.15, 0.2) is 17.5 Å². The second kappa shape index (κ2) is 11.2. The molecule has 1 aromatic carbocycles. The smallest absolute Gasteiger partial charge is 0.203 e. The third-order valence-electron chi connectivity index (χ3n) is 3.02. The summed E-state index contributed by atoms with van der Waals surface area (Å²) in [5.74, 6) is 2.08. The molecule has 1 rings (SSSR count). The first kappa shape index (κ1) is 21.6. The largest absolute Gasteiger partial charge is 0.493 e. The van der Waals surface area contributed by atoms with Crippen molar-refractivity contribution in [1.82, 2.24) is 5.32 Å². The molecule has 8 heteroatoms. The van der Waals surface area contributed by atoms with E-state index in [0.29, 0.717) is 36.4 Å². The number of guanidine groups is 1. The van der Waals surface area contributed by atoms with Gasteiger partial charge in [-0.15, -0.1) is 24.0 Å². The van der Waals surface area contributed by atoms with Gasteiger partial charge in [-0.1, -0.05) is 0 Å². The van der Waals surface area contributed by atoms with Gasteiger partial charge in [0.05, 0.1) is 34.5 Å². The molecule has 1 atom stereocenters.